The van der Waals surface area contributed by atoms with Gasteiger partial charge < -0.3 is 24.3 Å². The number of esters is 1. The molecule has 1 aromatic heterocycles. The molecule has 0 aliphatic heterocycles. The molecule has 31 heavy (non-hydrogen) atoms. The van der Waals surface area contributed by atoms with Crippen molar-refractivity contribution < 1.29 is 28.6 Å². The summed E-state index contributed by atoms with van der Waals surface area (Å²) in [5.41, 5.74) is 0.796. The minimum absolute atomic E-state index is 0.0529. The number of carbonyl (C=O) groups excluding carboxylic acids is 2. The molecule has 1 amide bonds. The summed E-state index contributed by atoms with van der Waals surface area (Å²) in [4.78, 5) is 36.5. The smallest absolute Gasteiger partial charge is 0.408 e. The number of hydrogen-bond donors (Lipinski definition) is 2. The largest absolute Gasteiger partial charge is 0.508 e. The SMILES string of the molecule is CC(C)[C@H](NC(=O)OCc1ccccc1)C(=O)OCc1cc(=O)oc2cc(O)ccc12. The van der Waals surface area contributed by atoms with Crippen molar-refractivity contribution in [3.8, 4) is 5.75 Å². The molecule has 162 valence electrons. The van der Waals surface area contributed by atoms with Crippen LogP contribution in [-0.4, -0.2) is 23.2 Å². The Balaban J connectivity index is 1.64. The first kappa shape index (κ1) is 21.9. The molecular weight excluding hydrogens is 402 g/mol. The highest BCUT2D eigenvalue weighted by Gasteiger charge is 2.26. The quantitative estimate of drug-likeness (QED) is 0.440. The van der Waals surface area contributed by atoms with Crippen molar-refractivity contribution in [3.05, 3.63) is 76.1 Å². The fraction of sp³-hybridized carbons (Fsp3) is 0.261. The number of carbonyl (C=O) groups is 2. The fourth-order valence-electron chi connectivity index (χ4n) is 2.97. The Bertz CT molecular complexity index is 1120. The van der Waals surface area contributed by atoms with Crippen LogP contribution in [0.3, 0.4) is 0 Å². The van der Waals surface area contributed by atoms with E-state index in [1.54, 1.807) is 19.9 Å². The lowest BCUT2D eigenvalue weighted by atomic mass is 10.1. The lowest BCUT2D eigenvalue weighted by molar-refractivity contribution is -0.148. The molecule has 8 nitrogen and oxygen atoms in total. The van der Waals surface area contributed by atoms with Crippen LogP contribution in [0.4, 0.5) is 4.79 Å². The van der Waals surface area contributed by atoms with Gasteiger partial charge in [-0.1, -0.05) is 44.2 Å². The van der Waals surface area contributed by atoms with Crippen LogP contribution in [0.1, 0.15) is 25.0 Å². The van der Waals surface area contributed by atoms with Crippen molar-refractivity contribution in [1.82, 2.24) is 5.32 Å². The molecule has 0 saturated carbocycles. The lowest BCUT2D eigenvalue weighted by Crippen LogP contribution is -2.45. The molecule has 0 spiro atoms. The number of rotatable bonds is 7. The Morgan fingerprint density at radius 1 is 1.03 bits per heavy atom. The van der Waals surface area contributed by atoms with Gasteiger partial charge in [0.05, 0.1) is 0 Å². The molecule has 0 saturated heterocycles. The van der Waals surface area contributed by atoms with Gasteiger partial charge in [0.2, 0.25) is 0 Å². The Labute approximate surface area is 178 Å². The van der Waals surface area contributed by atoms with Gasteiger partial charge >= 0.3 is 17.7 Å². The van der Waals surface area contributed by atoms with Gasteiger partial charge in [0, 0.05) is 23.1 Å². The van der Waals surface area contributed by atoms with E-state index in [-0.39, 0.29) is 30.5 Å². The number of benzene rings is 2. The molecule has 0 aliphatic rings. The lowest BCUT2D eigenvalue weighted by Gasteiger charge is -2.20. The van der Waals surface area contributed by atoms with Crippen LogP contribution in [0.15, 0.2) is 63.8 Å². The molecule has 2 N–H and O–H groups in total. The van der Waals surface area contributed by atoms with Crippen LogP contribution in [0.2, 0.25) is 0 Å². The van der Waals surface area contributed by atoms with Crippen LogP contribution >= 0.6 is 0 Å². The summed E-state index contributed by atoms with van der Waals surface area (Å²) in [5, 5.41) is 12.6. The summed E-state index contributed by atoms with van der Waals surface area (Å²) in [5.74, 6) is -0.971. The standard InChI is InChI=1S/C23H23NO7/c1-14(2)21(24-23(28)30-12-15-6-4-3-5-7-15)22(27)29-13-16-10-20(26)31-19-11-17(25)8-9-18(16)19/h3-11,14,21,25H,12-13H2,1-2H3,(H,24,28)/t21-/m0/s1. The maximum Gasteiger partial charge on any atom is 0.408 e. The number of alkyl carbamates (subject to hydrolysis) is 1. The zero-order chi connectivity index (χ0) is 22.4. The van der Waals surface area contributed by atoms with E-state index in [4.69, 9.17) is 13.9 Å². The molecule has 0 aliphatic carbocycles. The molecule has 8 heteroatoms. The summed E-state index contributed by atoms with van der Waals surface area (Å²) < 4.78 is 15.6. The second-order valence-electron chi connectivity index (χ2n) is 7.31. The fourth-order valence-corrected chi connectivity index (χ4v) is 2.97. The van der Waals surface area contributed by atoms with Crippen LogP contribution in [0.5, 0.6) is 5.75 Å². The molecule has 0 unspecified atom stereocenters. The average Bonchev–Trinajstić information content (AvgIpc) is 2.74. The summed E-state index contributed by atoms with van der Waals surface area (Å²) in [7, 11) is 0. The summed E-state index contributed by atoms with van der Waals surface area (Å²) in [6.45, 7) is 3.40. The highest BCUT2D eigenvalue weighted by Crippen LogP contribution is 2.22. The number of fused-ring (bicyclic) bond motifs is 1. The van der Waals surface area contributed by atoms with E-state index >= 15 is 0 Å². The van der Waals surface area contributed by atoms with Gasteiger partial charge in [0.1, 0.15) is 30.6 Å². The molecule has 1 atom stereocenters. The number of amides is 1. The molecule has 0 radical (unpaired) electrons. The number of nitrogens with one attached hydrogen (secondary N) is 1. The third kappa shape index (κ3) is 5.85. The van der Waals surface area contributed by atoms with E-state index in [1.807, 2.05) is 30.3 Å². The minimum atomic E-state index is -0.932. The summed E-state index contributed by atoms with van der Waals surface area (Å²) in [6, 6.07) is 13.8. The molecule has 3 rings (SSSR count). The number of ether oxygens (including phenoxy) is 2. The van der Waals surface area contributed by atoms with Gasteiger partial charge in [-0.15, -0.1) is 0 Å². The van der Waals surface area contributed by atoms with Crippen LogP contribution in [-0.2, 0) is 27.5 Å². The topological polar surface area (TPSA) is 115 Å². The second kappa shape index (κ2) is 9.80. The maximum absolute atomic E-state index is 12.6. The third-order valence-corrected chi connectivity index (χ3v) is 4.59. The van der Waals surface area contributed by atoms with Gasteiger partial charge in [0.25, 0.3) is 0 Å². The average molecular weight is 425 g/mol. The normalized spacial score (nSPS) is 11.8. The first-order chi connectivity index (χ1) is 14.8. The van der Waals surface area contributed by atoms with Crippen molar-refractivity contribution >= 4 is 23.0 Å². The van der Waals surface area contributed by atoms with Crippen molar-refractivity contribution in [1.29, 1.82) is 0 Å². The number of aromatic hydroxyl groups is 1. The Morgan fingerprint density at radius 3 is 2.48 bits per heavy atom. The predicted octanol–water partition coefficient (Wildman–Crippen LogP) is 3.49. The van der Waals surface area contributed by atoms with Crippen molar-refractivity contribution in [3.63, 3.8) is 0 Å². The first-order valence-electron chi connectivity index (χ1n) is 9.73. The highest BCUT2D eigenvalue weighted by atomic mass is 16.6. The van der Waals surface area contributed by atoms with Crippen molar-refractivity contribution in [2.75, 3.05) is 0 Å². The van der Waals surface area contributed by atoms with Gasteiger partial charge in [0.15, 0.2) is 0 Å². The highest BCUT2D eigenvalue weighted by molar-refractivity contribution is 5.83. The van der Waals surface area contributed by atoms with Gasteiger partial charge in [-0.2, -0.15) is 0 Å². The molecule has 3 aromatic rings. The Hall–Kier alpha value is -3.81. The predicted molar refractivity (Wildman–Crippen MR) is 112 cm³/mol. The number of phenols is 1. The van der Waals surface area contributed by atoms with Crippen LogP contribution in [0, 0.1) is 5.92 Å². The van der Waals surface area contributed by atoms with Crippen LogP contribution < -0.4 is 10.9 Å². The minimum Gasteiger partial charge on any atom is -0.508 e. The maximum atomic E-state index is 12.6. The zero-order valence-electron chi connectivity index (χ0n) is 17.2. The van der Waals surface area contributed by atoms with Gasteiger partial charge in [-0.3, -0.25) is 0 Å². The van der Waals surface area contributed by atoms with Gasteiger partial charge in [-0.05, 0) is 23.6 Å². The molecule has 0 fully saturated rings. The van der Waals surface area contributed by atoms with E-state index in [0.29, 0.717) is 10.9 Å². The van der Waals surface area contributed by atoms with Crippen molar-refractivity contribution in [2.24, 2.45) is 5.92 Å². The second-order valence-corrected chi connectivity index (χ2v) is 7.31. The Kier molecular flexibility index (Phi) is 6.92. The summed E-state index contributed by atoms with van der Waals surface area (Å²) >= 11 is 0. The van der Waals surface area contributed by atoms with E-state index < -0.39 is 23.7 Å². The molecule has 0 bridgehead atoms. The van der Waals surface area contributed by atoms with E-state index in [9.17, 15) is 19.5 Å². The van der Waals surface area contributed by atoms with Crippen molar-refractivity contribution in [2.45, 2.75) is 33.1 Å². The van der Waals surface area contributed by atoms with E-state index in [2.05, 4.69) is 5.32 Å². The number of hydrogen-bond acceptors (Lipinski definition) is 7. The molecule has 1 heterocycles. The van der Waals surface area contributed by atoms with Gasteiger partial charge in [-0.25, -0.2) is 14.4 Å². The van der Waals surface area contributed by atoms with E-state index in [0.717, 1.165) is 5.56 Å². The zero-order valence-corrected chi connectivity index (χ0v) is 17.2. The Morgan fingerprint density at radius 2 is 1.77 bits per heavy atom. The summed E-state index contributed by atoms with van der Waals surface area (Å²) in [6.07, 6.45) is -0.735. The van der Waals surface area contributed by atoms with E-state index in [1.165, 1.54) is 18.2 Å². The molecule has 2 aromatic carbocycles. The number of phenolic OH excluding ortho intramolecular Hbond substituents is 1. The third-order valence-electron chi connectivity index (χ3n) is 4.59. The molecular formula is C23H23NO7. The first-order valence-corrected chi connectivity index (χ1v) is 9.73. The monoisotopic (exact) mass is 425 g/mol. The van der Waals surface area contributed by atoms with Crippen LogP contribution in [0.25, 0.3) is 11.0 Å².